The van der Waals surface area contributed by atoms with Crippen LogP contribution in [0.3, 0.4) is 0 Å². The number of likely N-dealkylation sites (tertiary alicyclic amines) is 1. The second-order valence-electron chi connectivity index (χ2n) is 11.2. The first-order chi connectivity index (χ1) is 20.4. The van der Waals surface area contributed by atoms with Crippen molar-refractivity contribution < 1.29 is 14.6 Å². The van der Waals surface area contributed by atoms with E-state index < -0.39 is 0 Å². The van der Waals surface area contributed by atoms with E-state index in [1.807, 2.05) is 36.8 Å². The quantitative estimate of drug-likeness (QED) is 0.195. The first-order valence-corrected chi connectivity index (χ1v) is 14.6. The van der Waals surface area contributed by atoms with Gasteiger partial charge < -0.3 is 25.8 Å². The van der Waals surface area contributed by atoms with Crippen LogP contribution in [0.1, 0.15) is 49.3 Å². The zero-order chi connectivity index (χ0) is 29.4. The molecule has 2 fully saturated rings. The van der Waals surface area contributed by atoms with E-state index in [4.69, 9.17) is 20.6 Å². The van der Waals surface area contributed by atoms with E-state index in [0.717, 1.165) is 65.7 Å². The van der Waals surface area contributed by atoms with E-state index in [2.05, 4.69) is 21.3 Å². The van der Waals surface area contributed by atoms with Crippen LogP contribution in [0.2, 0.25) is 0 Å². The number of methoxy groups -OCH3 is 1. The summed E-state index contributed by atoms with van der Waals surface area (Å²) in [5.74, 6) is 1.56. The van der Waals surface area contributed by atoms with Gasteiger partial charge in [-0.25, -0.2) is 14.5 Å². The molecular formula is C32H37N7O3. The van der Waals surface area contributed by atoms with Crippen molar-refractivity contribution in [2.45, 2.75) is 52.0 Å². The number of ether oxygens (including phenoxy) is 1. The molecule has 1 amide bonds. The standard InChI is InChI=1S/C32H37N7O3/c1-4-20-13-24(40)9-10-27(20)37-31(33)26-17-36-39-18-22(25-16-34-29(42-3)12-19(25)2)14-28(39)30(26)35-15-23-6-5-11-38(23)32(41)21-7-8-21/h9-10,12-14,16-18,21,23,35,40H,4-8,11,15H2,1-3H3,(H2,33,37)/t23-/m1/s1. The minimum absolute atomic E-state index is 0.114. The number of carbonyl (C=O) groups is 1. The van der Waals surface area contributed by atoms with Crippen LogP contribution in [0, 0.1) is 12.8 Å². The normalized spacial score (nSPS) is 17.2. The van der Waals surface area contributed by atoms with Gasteiger partial charge >= 0.3 is 0 Å². The highest BCUT2D eigenvalue weighted by Crippen LogP contribution is 2.35. The number of nitrogens with two attached hydrogens (primary N) is 1. The number of amidine groups is 1. The van der Waals surface area contributed by atoms with Crippen LogP contribution in [-0.2, 0) is 11.2 Å². The number of aromatic hydroxyl groups is 1. The smallest absolute Gasteiger partial charge is 0.225 e. The third-order valence-corrected chi connectivity index (χ3v) is 8.31. The number of phenols is 1. The van der Waals surface area contributed by atoms with Crippen molar-refractivity contribution in [3.05, 3.63) is 65.6 Å². The van der Waals surface area contributed by atoms with Gasteiger partial charge in [-0.1, -0.05) is 6.92 Å². The van der Waals surface area contributed by atoms with Gasteiger partial charge in [-0.2, -0.15) is 5.10 Å². The van der Waals surface area contributed by atoms with Gasteiger partial charge in [0.1, 0.15) is 11.6 Å². The lowest BCUT2D eigenvalue weighted by Crippen LogP contribution is -2.40. The Morgan fingerprint density at radius 2 is 2.05 bits per heavy atom. The van der Waals surface area contributed by atoms with Crippen LogP contribution in [0.15, 0.2) is 53.9 Å². The number of pyridine rings is 1. The molecule has 10 nitrogen and oxygen atoms in total. The molecule has 0 spiro atoms. The summed E-state index contributed by atoms with van der Waals surface area (Å²) in [5, 5.41) is 18.3. The number of nitrogens with zero attached hydrogens (tertiary/aromatic N) is 5. The highest BCUT2D eigenvalue weighted by atomic mass is 16.5. The molecule has 1 aliphatic carbocycles. The summed E-state index contributed by atoms with van der Waals surface area (Å²) in [6.45, 7) is 5.45. The van der Waals surface area contributed by atoms with Crippen LogP contribution in [-0.4, -0.2) is 62.6 Å². The number of anilines is 1. The Morgan fingerprint density at radius 3 is 2.79 bits per heavy atom. The fourth-order valence-electron chi connectivity index (χ4n) is 5.80. The first kappa shape index (κ1) is 27.6. The number of hydrogen-bond acceptors (Lipinski definition) is 7. The van der Waals surface area contributed by atoms with Crippen molar-refractivity contribution in [2.24, 2.45) is 16.6 Å². The van der Waals surface area contributed by atoms with Crippen molar-refractivity contribution in [1.29, 1.82) is 0 Å². The molecule has 2 aliphatic rings. The largest absolute Gasteiger partial charge is 0.508 e. The maximum Gasteiger partial charge on any atom is 0.225 e. The van der Waals surface area contributed by atoms with Gasteiger partial charge in [0.2, 0.25) is 11.8 Å². The molecule has 218 valence electrons. The third-order valence-electron chi connectivity index (χ3n) is 8.31. The maximum absolute atomic E-state index is 13.0. The molecule has 1 saturated heterocycles. The lowest BCUT2D eigenvalue weighted by molar-refractivity contribution is -0.133. The fourth-order valence-corrected chi connectivity index (χ4v) is 5.80. The van der Waals surface area contributed by atoms with E-state index in [0.29, 0.717) is 35.9 Å². The number of fused-ring (bicyclic) bond motifs is 1. The summed E-state index contributed by atoms with van der Waals surface area (Å²) in [6, 6.07) is 9.19. The van der Waals surface area contributed by atoms with Crippen molar-refractivity contribution in [3.63, 3.8) is 0 Å². The SMILES string of the molecule is CCc1cc(O)ccc1/N=C(\N)c1cnn2cc(-c3cnc(OC)cc3C)cc2c1NC[C@H]1CCCN1C(=O)C1CC1. The van der Waals surface area contributed by atoms with Gasteiger partial charge in [0.25, 0.3) is 0 Å². The molecule has 10 heteroatoms. The fraction of sp³-hybridized carbons (Fsp3) is 0.375. The van der Waals surface area contributed by atoms with E-state index >= 15 is 0 Å². The predicted octanol–water partition coefficient (Wildman–Crippen LogP) is 4.83. The molecule has 0 unspecified atom stereocenters. The summed E-state index contributed by atoms with van der Waals surface area (Å²) in [7, 11) is 1.61. The average Bonchev–Trinajstić information content (AvgIpc) is 3.58. The molecule has 4 aromatic rings. The number of aryl methyl sites for hydroxylation is 2. The Kier molecular flexibility index (Phi) is 7.45. The molecule has 1 aliphatic heterocycles. The Hall–Kier alpha value is -4.60. The van der Waals surface area contributed by atoms with Crippen molar-refractivity contribution in [2.75, 3.05) is 25.5 Å². The molecule has 4 heterocycles. The van der Waals surface area contributed by atoms with E-state index in [1.54, 1.807) is 31.5 Å². The Bertz CT molecular complexity index is 1670. The summed E-state index contributed by atoms with van der Waals surface area (Å²) >= 11 is 0. The van der Waals surface area contributed by atoms with Crippen LogP contribution in [0.25, 0.3) is 16.6 Å². The molecule has 42 heavy (non-hydrogen) atoms. The molecule has 3 aromatic heterocycles. The van der Waals surface area contributed by atoms with Gasteiger partial charge in [-0.05, 0) is 74.4 Å². The number of benzene rings is 1. The number of nitrogens with one attached hydrogen (secondary N) is 1. The second-order valence-corrected chi connectivity index (χ2v) is 11.2. The first-order valence-electron chi connectivity index (χ1n) is 14.6. The predicted molar refractivity (Wildman–Crippen MR) is 164 cm³/mol. The Balaban J connectivity index is 1.40. The number of rotatable bonds is 9. The van der Waals surface area contributed by atoms with Gasteiger partial charge in [-0.3, -0.25) is 4.79 Å². The van der Waals surface area contributed by atoms with Crippen molar-refractivity contribution in [1.82, 2.24) is 19.5 Å². The molecule has 0 bridgehead atoms. The number of aliphatic imine (C=N–C) groups is 1. The van der Waals surface area contributed by atoms with Crippen molar-refractivity contribution in [3.8, 4) is 22.8 Å². The van der Waals surface area contributed by atoms with Gasteiger partial charge in [0, 0.05) is 54.6 Å². The lowest BCUT2D eigenvalue weighted by Gasteiger charge is -2.26. The summed E-state index contributed by atoms with van der Waals surface area (Å²) < 4.78 is 7.13. The molecular weight excluding hydrogens is 530 g/mol. The summed E-state index contributed by atoms with van der Waals surface area (Å²) in [5.41, 5.74) is 13.6. The number of phenolic OH excluding ortho intramolecular Hbond substituents is 1. The molecule has 0 radical (unpaired) electrons. The third kappa shape index (κ3) is 5.36. The second kappa shape index (κ2) is 11.3. The monoisotopic (exact) mass is 567 g/mol. The number of amides is 1. The molecule has 6 rings (SSSR count). The molecule has 1 saturated carbocycles. The Morgan fingerprint density at radius 1 is 1.21 bits per heavy atom. The maximum atomic E-state index is 13.0. The number of carbonyl (C=O) groups excluding carboxylic acids is 1. The minimum atomic E-state index is 0.114. The topological polar surface area (TPSA) is 130 Å². The van der Waals surface area contributed by atoms with Gasteiger partial charge in [0.15, 0.2) is 0 Å². The zero-order valence-corrected chi connectivity index (χ0v) is 24.3. The lowest BCUT2D eigenvalue weighted by atomic mass is 10.1. The van der Waals surface area contributed by atoms with E-state index in [-0.39, 0.29) is 23.6 Å². The van der Waals surface area contributed by atoms with Crippen LogP contribution >= 0.6 is 0 Å². The summed E-state index contributed by atoms with van der Waals surface area (Å²) in [4.78, 5) is 24.2. The average molecular weight is 568 g/mol. The molecule has 4 N–H and O–H groups in total. The summed E-state index contributed by atoms with van der Waals surface area (Å²) in [6.07, 6.45) is 10.2. The highest BCUT2D eigenvalue weighted by Gasteiger charge is 2.38. The Labute approximate surface area is 245 Å². The minimum Gasteiger partial charge on any atom is -0.508 e. The number of hydrogen-bond donors (Lipinski definition) is 3. The van der Waals surface area contributed by atoms with Gasteiger partial charge in [0.05, 0.1) is 35.8 Å². The van der Waals surface area contributed by atoms with E-state index in [9.17, 15) is 9.90 Å². The molecule has 1 atom stereocenters. The van der Waals surface area contributed by atoms with E-state index in [1.165, 1.54) is 0 Å². The van der Waals surface area contributed by atoms with Crippen molar-refractivity contribution >= 4 is 28.6 Å². The van der Waals surface area contributed by atoms with Gasteiger partial charge in [-0.15, -0.1) is 0 Å². The highest BCUT2D eigenvalue weighted by molar-refractivity contribution is 6.06. The number of aromatic nitrogens is 3. The van der Waals surface area contributed by atoms with Crippen LogP contribution < -0.4 is 15.8 Å². The van der Waals surface area contributed by atoms with Crippen LogP contribution in [0.5, 0.6) is 11.6 Å². The zero-order valence-electron chi connectivity index (χ0n) is 24.3. The molecule has 1 aromatic carbocycles. The van der Waals surface area contributed by atoms with Crippen LogP contribution in [0.4, 0.5) is 11.4 Å².